The summed E-state index contributed by atoms with van der Waals surface area (Å²) in [7, 11) is 0. The Morgan fingerprint density at radius 3 is 2.67 bits per heavy atom. The van der Waals surface area contributed by atoms with Gasteiger partial charge in [0.2, 0.25) is 0 Å². The summed E-state index contributed by atoms with van der Waals surface area (Å²) in [6.45, 7) is 3.60. The number of carbonyl (C=O) groups is 2. The Morgan fingerprint density at radius 1 is 1.50 bits per heavy atom. The lowest BCUT2D eigenvalue weighted by Crippen LogP contribution is -2.49. The van der Waals surface area contributed by atoms with Crippen LogP contribution in [-0.4, -0.2) is 75.5 Å². The van der Waals surface area contributed by atoms with Gasteiger partial charge in [-0.1, -0.05) is 6.08 Å². The Kier molecular flexibility index (Phi) is 5.11. The van der Waals surface area contributed by atoms with Gasteiger partial charge in [0.1, 0.15) is 6.04 Å². The average Bonchev–Trinajstić information content (AvgIpc) is 2.70. The third-order valence-electron chi connectivity index (χ3n) is 2.80. The molecule has 0 radical (unpaired) electrons. The van der Waals surface area contributed by atoms with Gasteiger partial charge in [-0.3, -0.25) is 0 Å². The summed E-state index contributed by atoms with van der Waals surface area (Å²) >= 11 is 0. The summed E-state index contributed by atoms with van der Waals surface area (Å²) in [5, 5.41) is 27.3. The second kappa shape index (κ2) is 6.36. The van der Waals surface area contributed by atoms with Crippen molar-refractivity contribution in [1.29, 1.82) is 0 Å². The lowest BCUT2D eigenvalue weighted by atomic mass is 10.2. The molecule has 1 rings (SSSR count). The molecule has 7 heteroatoms. The molecule has 7 nitrogen and oxygen atoms in total. The van der Waals surface area contributed by atoms with E-state index in [1.54, 1.807) is 0 Å². The largest absolute Gasteiger partial charge is 0.480 e. The van der Waals surface area contributed by atoms with E-state index in [1.165, 1.54) is 11.0 Å². The van der Waals surface area contributed by atoms with E-state index in [2.05, 4.69) is 6.58 Å². The number of aliphatic hydroxyl groups excluding tert-OH is 2. The molecule has 1 aliphatic heterocycles. The number of amides is 2. The van der Waals surface area contributed by atoms with Gasteiger partial charge >= 0.3 is 12.0 Å². The highest BCUT2D eigenvalue weighted by Crippen LogP contribution is 2.19. The quantitative estimate of drug-likeness (QED) is 0.555. The van der Waals surface area contributed by atoms with Crippen LogP contribution < -0.4 is 0 Å². The number of nitrogens with zero attached hydrogens (tertiary/aromatic N) is 2. The van der Waals surface area contributed by atoms with Crippen LogP contribution in [0.15, 0.2) is 12.7 Å². The topological polar surface area (TPSA) is 101 Å². The van der Waals surface area contributed by atoms with E-state index in [4.69, 9.17) is 10.2 Å². The number of likely N-dealkylation sites (tertiary alicyclic amines) is 1. The van der Waals surface area contributed by atoms with Crippen LogP contribution in [0.5, 0.6) is 0 Å². The predicted molar refractivity (Wildman–Crippen MR) is 63.0 cm³/mol. The van der Waals surface area contributed by atoms with E-state index in [0.717, 1.165) is 4.90 Å². The highest BCUT2D eigenvalue weighted by Gasteiger charge is 2.40. The first-order valence-electron chi connectivity index (χ1n) is 5.69. The summed E-state index contributed by atoms with van der Waals surface area (Å²) in [6, 6.07) is -1.52. The number of carboxylic acid groups (broad SMARTS) is 1. The van der Waals surface area contributed by atoms with E-state index in [1.807, 2.05) is 0 Å². The Hall–Kier alpha value is -1.60. The summed E-state index contributed by atoms with van der Waals surface area (Å²) in [4.78, 5) is 25.5. The molecule has 1 aliphatic rings. The Labute approximate surface area is 105 Å². The molecule has 0 saturated carbocycles. The molecule has 18 heavy (non-hydrogen) atoms. The van der Waals surface area contributed by atoms with Crippen LogP contribution in [-0.2, 0) is 4.79 Å². The molecule has 1 fully saturated rings. The van der Waals surface area contributed by atoms with Gasteiger partial charge in [-0.05, 0) is 0 Å². The van der Waals surface area contributed by atoms with Crippen LogP contribution in [0.1, 0.15) is 6.42 Å². The minimum Gasteiger partial charge on any atom is -0.480 e. The maximum atomic E-state index is 12.1. The zero-order valence-corrected chi connectivity index (χ0v) is 10.0. The molecule has 2 amide bonds. The van der Waals surface area contributed by atoms with Crippen molar-refractivity contribution in [3.8, 4) is 0 Å². The van der Waals surface area contributed by atoms with Crippen molar-refractivity contribution in [3.05, 3.63) is 12.7 Å². The third-order valence-corrected chi connectivity index (χ3v) is 2.80. The lowest BCUT2D eigenvalue weighted by molar-refractivity contribution is -0.141. The molecule has 1 saturated heterocycles. The van der Waals surface area contributed by atoms with Gasteiger partial charge in [-0.25, -0.2) is 9.59 Å². The molecule has 102 valence electrons. The fraction of sp³-hybridized carbons (Fsp3) is 0.636. The highest BCUT2D eigenvalue weighted by atomic mass is 16.4. The highest BCUT2D eigenvalue weighted by molar-refractivity contribution is 5.83. The van der Waals surface area contributed by atoms with Gasteiger partial charge in [-0.2, -0.15) is 0 Å². The monoisotopic (exact) mass is 258 g/mol. The van der Waals surface area contributed by atoms with Crippen molar-refractivity contribution in [2.75, 3.05) is 26.2 Å². The van der Waals surface area contributed by atoms with Gasteiger partial charge in [0.05, 0.1) is 12.7 Å². The van der Waals surface area contributed by atoms with Crippen LogP contribution >= 0.6 is 0 Å². The normalized spacial score (nSPS) is 22.9. The van der Waals surface area contributed by atoms with Gasteiger partial charge < -0.3 is 25.1 Å². The number of hydrogen-bond acceptors (Lipinski definition) is 4. The average molecular weight is 258 g/mol. The zero-order chi connectivity index (χ0) is 13.7. The molecule has 0 spiro atoms. The van der Waals surface area contributed by atoms with Crippen molar-refractivity contribution < 1.29 is 24.9 Å². The lowest BCUT2D eigenvalue weighted by Gasteiger charge is -2.29. The van der Waals surface area contributed by atoms with Crippen LogP contribution in [0.4, 0.5) is 4.79 Å². The summed E-state index contributed by atoms with van der Waals surface area (Å²) in [6.07, 6.45) is 0.701. The standard InChI is InChI=1S/C11H18N2O5/c1-2-3-12(4-5-14)11(18)13-7-8(15)6-9(13)10(16)17/h2,8-9,14-15H,1,3-7H2,(H,16,17)/t8-,9-/m0/s1. The maximum absolute atomic E-state index is 12.1. The molecule has 3 N–H and O–H groups in total. The van der Waals surface area contributed by atoms with E-state index in [0.29, 0.717) is 0 Å². The van der Waals surface area contributed by atoms with Crippen LogP contribution in [0.25, 0.3) is 0 Å². The van der Waals surface area contributed by atoms with Gasteiger partial charge in [0, 0.05) is 26.1 Å². The molecular formula is C11H18N2O5. The van der Waals surface area contributed by atoms with Crippen molar-refractivity contribution in [2.45, 2.75) is 18.6 Å². The SMILES string of the molecule is C=CCN(CCO)C(=O)N1C[C@@H](O)C[C@H]1C(=O)O. The Bertz CT molecular complexity index is 333. The number of hydrogen-bond donors (Lipinski definition) is 3. The summed E-state index contributed by atoms with van der Waals surface area (Å²) in [5.74, 6) is -1.14. The number of carbonyl (C=O) groups excluding carboxylic acids is 1. The Morgan fingerprint density at radius 2 is 2.17 bits per heavy atom. The molecule has 0 bridgehead atoms. The minimum absolute atomic E-state index is 0.00509. The number of urea groups is 1. The summed E-state index contributed by atoms with van der Waals surface area (Å²) < 4.78 is 0. The molecule has 0 aromatic heterocycles. The number of aliphatic carboxylic acids is 1. The van der Waals surface area contributed by atoms with Crippen molar-refractivity contribution in [3.63, 3.8) is 0 Å². The van der Waals surface area contributed by atoms with Crippen LogP contribution in [0.3, 0.4) is 0 Å². The van der Waals surface area contributed by atoms with E-state index in [9.17, 15) is 14.7 Å². The first-order valence-corrected chi connectivity index (χ1v) is 5.69. The van der Waals surface area contributed by atoms with E-state index in [-0.39, 0.29) is 32.7 Å². The minimum atomic E-state index is -1.14. The third kappa shape index (κ3) is 3.21. The second-order valence-corrected chi connectivity index (χ2v) is 4.14. The number of aliphatic hydroxyl groups is 2. The second-order valence-electron chi connectivity index (χ2n) is 4.14. The smallest absolute Gasteiger partial charge is 0.326 e. The van der Waals surface area contributed by atoms with Gasteiger partial charge in [0.15, 0.2) is 0 Å². The van der Waals surface area contributed by atoms with Gasteiger partial charge in [-0.15, -0.1) is 6.58 Å². The first kappa shape index (κ1) is 14.5. The van der Waals surface area contributed by atoms with E-state index >= 15 is 0 Å². The predicted octanol–water partition coefficient (Wildman–Crippen LogP) is -0.893. The maximum Gasteiger partial charge on any atom is 0.326 e. The zero-order valence-electron chi connectivity index (χ0n) is 10.0. The molecule has 0 aromatic carbocycles. The van der Waals surface area contributed by atoms with Crippen molar-refractivity contribution in [2.24, 2.45) is 0 Å². The number of rotatable bonds is 5. The molecule has 1 heterocycles. The number of β-amino-alcohol motifs (C(OH)–C–C–N with tert-alkyl or cyclic N) is 1. The Balaban J connectivity index is 2.79. The molecule has 0 aliphatic carbocycles. The van der Waals surface area contributed by atoms with Gasteiger partial charge in [0.25, 0.3) is 0 Å². The van der Waals surface area contributed by atoms with Crippen LogP contribution in [0, 0.1) is 0 Å². The fourth-order valence-electron chi connectivity index (χ4n) is 1.98. The first-order chi connectivity index (χ1) is 8.51. The molecule has 2 atom stereocenters. The van der Waals surface area contributed by atoms with E-state index < -0.39 is 24.1 Å². The molecular weight excluding hydrogens is 240 g/mol. The van der Waals surface area contributed by atoms with Crippen LogP contribution in [0.2, 0.25) is 0 Å². The number of carboxylic acids is 1. The molecule has 0 unspecified atom stereocenters. The fourth-order valence-corrected chi connectivity index (χ4v) is 1.98. The summed E-state index contributed by atoms with van der Waals surface area (Å²) in [5.41, 5.74) is 0. The molecule has 0 aromatic rings. The van der Waals surface area contributed by atoms with Crippen molar-refractivity contribution >= 4 is 12.0 Å². The van der Waals surface area contributed by atoms with Crippen molar-refractivity contribution in [1.82, 2.24) is 9.80 Å².